The summed E-state index contributed by atoms with van der Waals surface area (Å²) in [5, 5.41) is 6.82. The van der Waals surface area contributed by atoms with Gasteiger partial charge in [0.2, 0.25) is 0 Å². The monoisotopic (exact) mass is 359 g/mol. The molecular weight excluding hydrogens is 318 g/mol. The molecule has 0 radical (unpaired) electrons. The third kappa shape index (κ3) is 2.54. The fraction of sp³-hybridized carbons (Fsp3) is 1.00. The molecule has 22 heavy (non-hydrogen) atoms. The minimum atomic E-state index is -1.40. The third-order valence-corrected chi connectivity index (χ3v) is 49.1. The van der Waals surface area contributed by atoms with Crippen LogP contribution in [0.5, 0.6) is 0 Å². The van der Waals surface area contributed by atoms with Crippen molar-refractivity contribution in [2.75, 3.05) is 13.1 Å². The summed E-state index contributed by atoms with van der Waals surface area (Å²) in [6.07, 6.45) is 0. The average Bonchev–Trinajstić information content (AvgIpc) is 2.59. The Kier molecular flexibility index (Phi) is 7.55. The minimum absolute atomic E-state index is 1.12. The van der Waals surface area contributed by atoms with E-state index in [1.807, 2.05) is 0 Å². The van der Waals surface area contributed by atoms with E-state index in [-0.39, 0.29) is 0 Å². The lowest BCUT2D eigenvalue weighted by Gasteiger charge is -2.67. The average molecular weight is 360 g/mol. The lowest BCUT2D eigenvalue weighted by atomic mass is 10.7. The minimum Gasteiger partial charge on any atom is -0.266 e. The molecule has 132 valence electrons. The van der Waals surface area contributed by atoms with Crippen LogP contribution < -0.4 is 5.09 Å². The first-order valence-electron chi connectivity index (χ1n) is 9.81. The van der Waals surface area contributed by atoms with E-state index in [4.69, 9.17) is 0 Å². The predicted molar refractivity (Wildman–Crippen MR) is 108 cm³/mol. The maximum absolute atomic E-state index is 4.23. The fourth-order valence-electron chi connectivity index (χ4n) is 6.02. The summed E-state index contributed by atoms with van der Waals surface area (Å²) in [4.78, 5) is 0. The molecule has 1 rings (SSSR count). The van der Waals surface area contributed by atoms with Crippen LogP contribution in [0.1, 0.15) is 55.4 Å². The van der Waals surface area contributed by atoms with Crippen molar-refractivity contribution in [3.63, 3.8) is 0 Å². The number of rotatable bonds is 8. The van der Waals surface area contributed by atoms with E-state index in [1.54, 1.807) is 0 Å². The Bertz CT molecular complexity index is 340. The molecule has 1 heterocycles. The normalized spacial score (nSPS) is 24.5. The summed E-state index contributed by atoms with van der Waals surface area (Å²) < 4.78 is 2.89. The van der Waals surface area contributed by atoms with Gasteiger partial charge in [-0.15, -0.1) is 0 Å². The number of nitrogens with zero attached hydrogens (tertiary/aromatic N) is 2. The van der Waals surface area contributed by atoms with E-state index in [9.17, 15) is 0 Å². The quantitative estimate of drug-likeness (QED) is 0.635. The van der Waals surface area contributed by atoms with Crippen LogP contribution in [-0.2, 0) is 0 Å². The van der Waals surface area contributed by atoms with Crippen LogP contribution in [0.2, 0.25) is 36.3 Å². The van der Waals surface area contributed by atoms with Gasteiger partial charge in [-0.25, -0.2) is 0 Å². The number of hydrazine groups is 2. The van der Waals surface area contributed by atoms with E-state index in [0.29, 0.717) is 0 Å². The Hall–Kier alpha value is 0.531. The zero-order chi connectivity index (χ0) is 17.0. The van der Waals surface area contributed by atoms with Gasteiger partial charge >= 0.3 is 0 Å². The lowest BCUT2D eigenvalue weighted by Crippen LogP contribution is -2.93. The maximum Gasteiger partial charge on any atom is 0.137 e. The van der Waals surface area contributed by atoms with Gasteiger partial charge in [0.25, 0.3) is 0 Å². The van der Waals surface area contributed by atoms with Gasteiger partial charge in [0.15, 0.2) is 0 Å². The van der Waals surface area contributed by atoms with Crippen molar-refractivity contribution in [3.8, 4) is 0 Å². The SMILES string of the molecule is CCN1N[Si](CC)(CC)[Si](CC)(CC)[Si](CC)(CC)N1CC. The first-order chi connectivity index (χ1) is 10.5. The topological polar surface area (TPSA) is 18.5 Å². The summed E-state index contributed by atoms with van der Waals surface area (Å²) in [6.45, 7) is 22.2. The van der Waals surface area contributed by atoms with Gasteiger partial charge < -0.3 is 0 Å². The van der Waals surface area contributed by atoms with Crippen LogP contribution in [0.15, 0.2) is 0 Å². The molecule has 0 amide bonds. The number of hydrogen-bond donors (Lipinski definition) is 1. The van der Waals surface area contributed by atoms with E-state index in [0.717, 1.165) is 6.54 Å². The second-order valence-electron chi connectivity index (χ2n) is 6.86. The molecule has 3 nitrogen and oxygen atoms in total. The first kappa shape index (κ1) is 20.6. The van der Waals surface area contributed by atoms with Crippen molar-refractivity contribution < 1.29 is 0 Å². The largest absolute Gasteiger partial charge is 0.266 e. The molecular formula is C16H41N3Si3. The smallest absolute Gasteiger partial charge is 0.137 e. The first-order valence-corrected chi connectivity index (χ1v) is 19.0. The number of hydrogen-bond acceptors (Lipinski definition) is 3. The van der Waals surface area contributed by atoms with Crippen LogP contribution in [-0.4, -0.2) is 45.5 Å². The van der Waals surface area contributed by atoms with Gasteiger partial charge in [-0.1, -0.05) is 60.6 Å². The second kappa shape index (κ2) is 8.07. The Morgan fingerprint density at radius 3 is 1.41 bits per heavy atom. The molecule has 0 aromatic heterocycles. The van der Waals surface area contributed by atoms with Gasteiger partial charge in [-0.2, -0.15) is 5.12 Å². The Morgan fingerprint density at radius 2 is 1.14 bits per heavy atom. The van der Waals surface area contributed by atoms with Gasteiger partial charge in [-0.3, -0.25) is 9.77 Å². The molecule has 0 aromatic carbocycles. The molecule has 0 unspecified atom stereocenters. The summed E-state index contributed by atoms with van der Waals surface area (Å²) >= 11 is 0. The molecule has 0 aromatic rings. The Balaban J connectivity index is 3.65. The van der Waals surface area contributed by atoms with Gasteiger partial charge in [0.1, 0.15) is 15.5 Å². The highest BCUT2D eigenvalue weighted by atomic mass is 29.6. The summed E-state index contributed by atoms with van der Waals surface area (Å²) in [5.41, 5.74) is 0. The standard InChI is InChI=1S/C16H41N3Si3/c1-9-18-17-20(11-3,12-4)22(15-7,16-8)21(13-5,14-6)19(18)10-2/h17H,9-16H2,1-8H3. The molecule has 1 fully saturated rings. The van der Waals surface area contributed by atoms with Crippen LogP contribution in [0, 0.1) is 0 Å². The van der Waals surface area contributed by atoms with Crippen molar-refractivity contribution in [1.82, 2.24) is 14.9 Å². The lowest BCUT2D eigenvalue weighted by molar-refractivity contribution is 0.0267. The van der Waals surface area contributed by atoms with Gasteiger partial charge in [0, 0.05) is 13.1 Å². The third-order valence-electron chi connectivity index (χ3n) is 7.12. The molecule has 1 saturated heterocycles. The van der Waals surface area contributed by atoms with Crippen LogP contribution in [0.4, 0.5) is 0 Å². The van der Waals surface area contributed by atoms with Crippen LogP contribution in [0.3, 0.4) is 0 Å². The summed E-state index contributed by atoms with van der Waals surface area (Å²) in [6, 6.07) is 8.79. The maximum atomic E-state index is 4.23. The molecule has 0 saturated carbocycles. The Morgan fingerprint density at radius 1 is 0.636 bits per heavy atom. The van der Waals surface area contributed by atoms with E-state index in [1.165, 1.54) is 42.8 Å². The molecule has 0 aliphatic carbocycles. The van der Waals surface area contributed by atoms with Crippen molar-refractivity contribution in [3.05, 3.63) is 0 Å². The molecule has 1 aliphatic heterocycles. The van der Waals surface area contributed by atoms with Gasteiger partial charge in [-0.05, 0) is 31.1 Å². The molecule has 0 bridgehead atoms. The summed E-state index contributed by atoms with van der Waals surface area (Å²) in [7, 11) is -4.08. The van der Waals surface area contributed by atoms with E-state index < -0.39 is 22.6 Å². The zero-order valence-electron chi connectivity index (χ0n) is 16.6. The zero-order valence-corrected chi connectivity index (χ0v) is 19.6. The van der Waals surface area contributed by atoms with Crippen LogP contribution in [0.25, 0.3) is 0 Å². The number of nitrogens with one attached hydrogen (secondary N) is 1. The highest BCUT2D eigenvalue weighted by Gasteiger charge is 2.68. The molecule has 1 aliphatic rings. The predicted octanol–water partition coefficient (Wildman–Crippen LogP) is 4.68. The van der Waals surface area contributed by atoms with E-state index in [2.05, 4.69) is 70.3 Å². The second-order valence-corrected chi connectivity index (χ2v) is 31.1. The fourth-order valence-corrected chi connectivity index (χ4v) is 55.9. The molecule has 6 heteroatoms. The molecule has 0 spiro atoms. The Labute approximate surface area is 142 Å². The van der Waals surface area contributed by atoms with Crippen molar-refractivity contribution in [2.45, 2.75) is 91.7 Å². The van der Waals surface area contributed by atoms with E-state index >= 15 is 0 Å². The van der Waals surface area contributed by atoms with Crippen molar-refractivity contribution in [1.29, 1.82) is 0 Å². The summed E-state index contributed by atoms with van der Waals surface area (Å²) in [5.74, 6) is 0. The van der Waals surface area contributed by atoms with Crippen molar-refractivity contribution >= 4 is 22.6 Å². The highest BCUT2D eigenvalue weighted by molar-refractivity contribution is 7.69. The molecule has 1 N–H and O–H groups in total. The van der Waals surface area contributed by atoms with Gasteiger partial charge in [0.05, 0.1) is 7.11 Å². The highest BCUT2D eigenvalue weighted by Crippen LogP contribution is 2.46. The van der Waals surface area contributed by atoms with Crippen LogP contribution >= 0.6 is 0 Å². The molecule has 0 atom stereocenters. The van der Waals surface area contributed by atoms with Crippen molar-refractivity contribution in [2.24, 2.45) is 0 Å².